The summed E-state index contributed by atoms with van der Waals surface area (Å²) in [6.07, 6.45) is 2.53. The first kappa shape index (κ1) is 13.1. The molecule has 1 saturated carbocycles. The van der Waals surface area contributed by atoms with E-state index in [0.29, 0.717) is 18.5 Å². The number of rotatable bonds is 5. The van der Waals surface area contributed by atoms with Crippen LogP contribution in [-0.2, 0) is 4.79 Å². The summed E-state index contributed by atoms with van der Waals surface area (Å²) in [4.78, 5) is 13.3. The van der Waals surface area contributed by atoms with Crippen molar-refractivity contribution < 1.29 is 4.79 Å². The van der Waals surface area contributed by atoms with Crippen molar-refractivity contribution in [3.05, 3.63) is 35.4 Å². The number of amides is 1. The van der Waals surface area contributed by atoms with Gasteiger partial charge >= 0.3 is 0 Å². The molecule has 0 aromatic heterocycles. The highest BCUT2D eigenvalue weighted by Crippen LogP contribution is 2.40. The Bertz CT molecular complexity index is 407. The molecule has 1 N–H and O–H groups in total. The van der Waals surface area contributed by atoms with Crippen molar-refractivity contribution in [2.24, 2.45) is 5.92 Å². The Morgan fingerprint density at radius 1 is 1.33 bits per heavy atom. The Hall–Kier alpha value is -1.35. The van der Waals surface area contributed by atoms with E-state index in [0.717, 1.165) is 0 Å². The Labute approximate surface area is 109 Å². The second-order valence-corrected chi connectivity index (χ2v) is 5.39. The minimum Gasteiger partial charge on any atom is -0.348 e. The summed E-state index contributed by atoms with van der Waals surface area (Å²) in [6.45, 7) is 2.51. The van der Waals surface area contributed by atoms with Crippen molar-refractivity contribution in [3.63, 3.8) is 0 Å². The van der Waals surface area contributed by atoms with E-state index in [9.17, 15) is 4.79 Å². The summed E-state index contributed by atoms with van der Waals surface area (Å²) in [6, 6.07) is 8.95. The number of benzene rings is 1. The number of hydrogen-bond donors (Lipinski definition) is 1. The molecule has 1 aliphatic rings. The first-order chi connectivity index (χ1) is 8.58. The van der Waals surface area contributed by atoms with Gasteiger partial charge in [-0.1, -0.05) is 29.8 Å². The molecule has 0 saturated heterocycles. The lowest BCUT2D eigenvalue weighted by Gasteiger charge is -2.20. The molecule has 3 heteroatoms. The topological polar surface area (TPSA) is 32.3 Å². The van der Waals surface area contributed by atoms with Crippen LogP contribution in [0.5, 0.6) is 0 Å². The van der Waals surface area contributed by atoms with Crippen LogP contribution in [0, 0.1) is 12.8 Å². The van der Waals surface area contributed by atoms with Crippen molar-refractivity contribution in [2.75, 3.05) is 20.6 Å². The Kier molecular flexibility index (Phi) is 4.02. The highest BCUT2D eigenvalue weighted by molar-refractivity contribution is 5.77. The zero-order valence-corrected chi connectivity index (χ0v) is 11.4. The quantitative estimate of drug-likeness (QED) is 0.863. The molecule has 98 valence electrons. The van der Waals surface area contributed by atoms with Crippen LogP contribution >= 0.6 is 0 Å². The molecular formula is C15H22N2O. The number of aryl methyl sites for hydroxylation is 1. The van der Waals surface area contributed by atoms with E-state index in [2.05, 4.69) is 36.5 Å². The van der Waals surface area contributed by atoms with E-state index >= 15 is 0 Å². The van der Waals surface area contributed by atoms with Gasteiger partial charge < -0.3 is 10.2 Å². The Morgan fingerprint density at radius 2 is 1.94 bits per heavy atom. The number of hydrogen-bond acceptors (Lipinski definition) is 2. The van der Waals surface area contributed by atoms with Gasteiger partial charge in [-0.25, -0.2) is 0 Å². The number of nitrogens with zero attached hydrogens (tertiary/aromatic N) is 1. The number of nitrogens with one attached hydrogen (secondary N) is 1. The average Bonchev–Trinajstić information content (AvgIpc) is 3.15. The van der Waals surface area contributed by atoms with Gasteiger partial charge in [0.05, 0.1) is 6.54 Å². The van der Waals surface area contributed by atoms with Gasteiger partial charge in [0.2, 0.25) is 5.91 Å². The maximum absolute atomic E-state index is 11.6. The molecule has 0 bridgehead atoms. The molecule has 2 rings (SSSR count). The van der Waals surface area contributed by atoms with Crippen LogP contribution in [0.2, 0.25) is 0 Å². The summed E-state index contributed by atoms with van der Waals surface area (Å²) in [5, 5.41) is 3.41. The van der Waals surface area contributed by atoms with Crippen LogP contribution in [-0.4, -0.2) is 31.4 Å². The smallest absolute Gasteiger partial charge is 0.236 e. The van der Waals surface area contributed by atoms with E-state index in [4.69, 9.17) is 0 Å². The lowest BCUT2D eigenvalue weighted by molar-refractivity contribution is -0.127. The standard InChI is InChI=1S/C15H22N2O/c1-11-4-6-12(7-5-11)15(13-8-9-13)16-10-14(18)17(2)3/h4-7,13,15-16H,8-10H2,1-3H3. The van der Waals surface area contributed by atoms with Crippen molar-refractivity contribution in [3.8, 4) is 0 Å². The highest BCUT2D eigenvalue weighted by Gasteiger charge is 2.32. The highest BCUT2D eigenvalue weighted by atomic mass is 16.2. The largest absolute Gasteiger partial charge is 0.348 e. The monoisotopic (exact) mass is 246 g/mol. The van der Waals surface area contributed by atoms with Crippen molar-refractivity contribution in [1.29, 1.82) is 0 Å². The molecule has 0 radical (unpaired) electrons. The van der Waals surface area contributed by atoms with Crippen LogP contribution in [0.1, 0.15) is 30.0 Å². The van der Waals surface area contributed by atoms with Gasteiger partial charge in [-0.05, 0) is 31.2 Å². The Balaban J connectivity index is 2.00. The second-order valence-electron chi connectivity index (χ2n) is 5.39. The molecule has 1 aromatic rings. The van der Waals surface area contributed by atoms with E-state index in [1.165, 1.54) is 24.0 Å². The van der Waals surface area contributed by atoms with Gasteiger partial charge in [0.25, 0.3) is 0 Å². The van der Waals surface area contributed by atoms with Crippen molar-refractivity contribution in [2.45, 2.75) is 25.8 Å². The van der Waals surface area contributed by atoms with Crippen molar-refractivity contribution in [1.82, 2.24) is 10.2 Å². The fourth-order valence-corrected chi connectivity index (χ4v) is 2.12. The lowest BCUT2D eigenvalue weighted by Crippen LogP contribution is -2.35. The summed E-state index contributed by atoms with van der Waals surface area (Å²) in [7, 11) is 3.59. The number of likely N-dealkylation sites (N-methyl/N-ethyl adjacent to an activating group) is 1. The maximum Gasteiger partial charge on any atom is 0.236 e. The molecule has 1 aromatic carbocycles. The molecule has 1 amide bonds. The minimum absolute atomic E-state index is 0.132. The van der Waals surface area contributed by atoms with Gasteiger partial charge in [-0.2, -0.15) is 0 Å². The Morgan fingerprint density at radius 3 is 2.44 bits per heavy atom. The van der Waals surface area contributed by atoms with Crippen LogP contribution < -0.4 is 5.32 Å². The third-order valence-electron chi connectivity index (χ3n) is 3.50. The fourth-order valence-electron chi connectivity index (χ4n) is 2.12. The molecule has 0 heterocycles. The van der Waals surface area contributed by atoms with Gasteiger partial charge in [-0.15, -0.1) is 0 Å². The summed E-state index contributed by atoms with van der Waals surface area (Å²) < 4.78 is 0. The molecule has 0 aliphatic heterocycles. The first-order valence-electron chi connectivity index (χ1n) is 6.58. The molecular weight excluding hydrogens is 224 g/mol. The van der Waals surface area contributed by atoms with Crippen molar-refractivity contribution >= 4 is 5.91 Å². The van der Waals surface area contributed by atoms with Crippen LogP contribution in [0.15, 0.2) is 24.3 Å². The third-order valence-corrected chi connectivity index (χ3v) is 3.50. The molecule has 1 aliphatic carbocycles. The zero-order chi connectivity index (χ0) is 13.1. The number of carbonyl (C=O) groups is 1. The van der Waals surface area contributed by atoms with Crippen LogP contribution in [0.25, 0.3) is 0 Å². The zero-order valence-electron chi connectivity index (χ0n) is 11.4. The SMILES string of the molecule is Cc1ccc(C(NCC(=O)N(C)C)C2CC2)cc1. The molecule has 3 nitrogen and oxygen atoms in total. The van der Waals surface area contributed by atoms with Gasteiger partial charge in [0.15, 0.2) is 0 Å². The summed E-state index contributed by atoms with van der Waals surface area (Å²) in [5.41, 5.74) is 2.58. The summed E-state index contributed by atoms with van der Waals surface area (Å²) >= 11 is 0. The van der Waals surface area contributed by atoms with Crippen LogP contribution in [0.3, 0.4) is 0 Å². The predicted octanol–water partition coefficient (Wildman–Crippen LogP) is 2.12. The van der Waals surface area contributed by atoms with E-state index < -0.39 is 0 Å². The second kappa shape index (κ2) is 5.53. The maximum atomic E-state index is 11.6. The van der Waals surface area contributed by atoms with Gasteiger partial charge in [0, 0.05) is 20.1 Å². The fraction of sp³-hybridized carbons (Fsp3) is 0.533. The first-order valence-corrected chi connectivity index (χ1v) is 6.58. The normalized spacial score (nSPS) is 16.4. The minimum atomic E-state index is 0.132. The van der Waals surface area contributed by atoms with Gasteiger partial charge in [0.1, 0.15) is 0 Å². The van der Waals surface area contributed by atoms with Gasteiger partial charge in [-0.3, -0.25) is 4.79 Å². The van der Waals surface area contributed by atoms with E-state index in [1.807, 2.05) is 0 Å². The van der Waals surface area contributed by atoms with E-state index in [-0.39, 0.29) is 5.91 Å². The van der Waals surface area contributed by atoms with Crippen LogP contribution in [0.4, 0.5) is 0 Å². The van der Waals surface area contributed by atoms with E-state index in [1.54, 1.807) is 19.0 Å². The molecule has 1 atom stereocenters. The predicted molar refractivity (Wildman–Crippen MR) is 73.3 cm³/mol. The summed E-state index contributed by atoms with van der Waals surface area (Å²) in [5.74, 6) is 0.829. The molecule has 0 spiro atoms. The molecule has 1 unspecified atom stereocenters. The number of carbonyl (C=O) groups excluding carboxylic acids is 1. The molecule has 18 heavy (non-hydrogen) atoms. The third kappa shape index (κ3) is 3.33. The average molecular weight is 246 g/mol. The lowest BCUT2D eigenvalue weighted by atomic mass is 10.0. The molecule has 1 fully saturated rings.